The molecule has 0 aliphatic heterocycles. The highest BCUT2D eigenvalue weighted by atomic mass is 127. The van der Waals surface area contributed by atoms with Crippen molar-refractivity contribution in [3.8, 4) is 0 Å². The summed E-state index contributed by atoms with van der Waals surface area (Å²) in [7, 11) is 1.78. The lowest BCUT2D eigenvalue weighted by atomic mass is 9.96. The molecule has 0 atom stereocenters. The molecular formula is C14H27IO2. The van der Waals surface area contributed by atoms with Crippen molar-refractivity contribution in [1.29, 1.82) is 0 Å². The Labute approximate surface area is 120 Å². The van der Waals surface area contributed by atoms with Crippen LogP contribution in [0.1, 0.15) is 58.8 Å². The molecule has 0 bridgehead atoms. The van der Waals surface area contributed by atoms with Crippen molar-refractivity contribution < 1.29 is 9.47 Å². The van der Waals surface area contributed by atoms with Crippen molar-refractivity contribution in [2.45, 2.75) is 70.0 Å². The molecule has 0 aromatic carbocycles. The van der Waals surface area contributed by atoms with E-state index in [4.69, 9.17) is 9.47 Å². The SMILES string of the molecule is COC(C)(C)CCOC1(CI)CCCCCC1. The first-order chi connectivity index (χ1) is 8.04. The monoisotopic (exact) mass is 354 g/mol. The van der Waals surface area contributed by atoms with Gasteiger partial charge in [-0.15, -0.1) is 0 Å². The third kappa shape index (κ3) is 5.43. The van der Waals surface area contributed by atoms with Gasteiger partial charge in [0.05, 0.1) is 17.8 Å². The molecule has 1 saturated carbocycles. The Balaban J connectivity index is 2.40. The fourth-order valence-corrected chi connectivity index (χ4v) is 3.29. The minimum Gasteiger partial charge on any atom is -0.379 e. The molecule has 1 aliphatic carbocycles. The fraction of sp³-hybridized carbons (Fsp3) is 1.00. The van der Waals surface area contributed by atoms with E-state index in [9.17, 15) is 0 Å². The van der Waals surface area contributed by atoms with E-state index in [1.165, 1.54) is 38.5 Å². The van der Waals surface area contributed by atoms with Crippen LogP contribution in [0.4, 0.5) is 0 Å². The van der Waals surface area contributed by atoms with Gasteiger partial charge in [0.2, 0.25) is 0 Å². The molecule has 0 spiro atoms. The van der Waals surface area contributed by atoms with Crippen molar-refractivity contribution in [2.24, 2.45) is 0 Å². The molecule has 0 aromatic rings. The Hall–Kier alpha value is 0.650. The topological polar surface area (TPSA) is 18.5 Å². The van der Waals surface area contributed by atoms with Crippen LogP contribution in [0.5, 0.6) is 0 Å². The van der Waals surface area contributed by atoms with Crippen LogP contribution in [-0.4, -0.2) is 29.3 Å². The minimum atomic E-state index is -0.0583. The van der Waals surface area contributed by atoms with Gasteiger partial charge in [-0.25, -0.2) is 0 Å². The van der Waals surface area contributed by atoms with Gasteiger partial charge in [0.15, 0.2) is 0 Å². The summed E-state index contributed by atoms with van der Waals surface area (Å²) in [5.41, 5.74) is 0.0953. The number of halogens is 1. The van der Waals surface area contributed by atoms with E-state index in [-0.39, 0.29) is 11.2 Å². The standard InChI is InChI=1S/C14H27IO2/c1-13(2,16-3)10-11-17-14(12-15)8-6-4-5-7-9-14/h4-12H2,1-3H3. The maximum Gasteiger partial charge on any atom is 0.0771 e. The van der Waals surface area contributed by atoms with Crippen LogP contribution in [0.2, 0.25) is 0 Å². The van der Waals surface area contributed by atoms with Gasteiger partial charge in [-0.2, -0.15) is 0 Å². The zero-order chi connectivity index (χ0) is 12.8. The molecule has 0 N–H and O–H groups in total. The molecule has 1 fully saturated rings. The van der Waals surface area contributed by atoms with Crippen LogP contribution in [-0.2, 0) is 9.47 Å². The lowest BCUT2D eigenvalue weighted by Crippen LogP contribution is -2.36. The number of methoxy groups -OCH3 is 1. The summed E-state index contributed by atoms with van der Waals surface area (Å²) in [6, 6.07) is 0. The molecule has 0 amide bonds. The number of hydrogen-bond donors (Lipinski definition) is 0. The average molecular weight is 354 g/mol. The number of hydrogen-bond acceptors (Lipinski definition) is 2. The summed E-state index contributed by atoms with van der Waals surface area (Å²) < 4.78 is 12.8. The number of rotatable bonds is 6. The zero-order valence-electron chi connectivity index (χ0n) is 11.6. The van der Waals surface area contributed by atoms with Gasteiger partial charge in [0.25, 0.3) is 0 Å². The van der Waals surface area contributed by atoms with Crippen LogP contribution in [0.3, 0.4) is 0 Å². The van der Waals surface area contributed by atoms with Crippen LogP contribution in [0.25, 0.3) is 0 Å². The molecule has 0 radical (unpaired) electrons. The van der Waals surface area contributed by atoms with E-state index >= 15 is 0 Å². The maximum absolute atomic E-state index is 6.25. The zero-order valence-corrected chi connectivity index (χ0v) is 13.7. The van der Waals surface area contributed by atoms with E-state index in [0.29, 0.717) is 0 Å². The third-order valence-corrected chi connectivity index (χ3v) is 5.31. The molecule has 3 heteroatoms. The minimum absolute atomic E-state index is 0.0583. The van der Waals surface area contributed by atoms with Crippen LogP contribution in [0.15, 0.2) is 0 Å². The normalized spacial score (nSPS) is 21.2. The smallest absolute Gasteiger partial charge is 0.0771 e. The first-order valence-corrected chi connectivity index (χ1v) is 8.31. The Kier molecular flexibility index (Phi) is 6.74. The summed E-state index contributed by atoms with van der Waals surface area (Å²) in [6.07, 6.45) is 8.87. The number of alkyl halides is 1. The maximum atomic E-state index is 6.25. The molecule has 102 valence electrons. The summed E-state index contributed by atoms with van der Waals surface area (Å²) in [4.78, 5) is 0. The van der Waals surface area contributed by atoms with Crippen molar-refractivity contribution in [3.05, 3.63) is 0 Å². The first-order valence-electron chi connectivity index (χ1n) is 6.79. The molecule has 0 saturated heterocycles. The molecule has 0 unspecified atom stereocenters. The molecule has 1 aliphatic rings. The second-order valence-electron chi connectivity index (χ2n) is 5.79. The Morgan fingerprint density at radius 2 is 1.71 bits per heavy atom. The van der Waals surface area contributed by atoms with Gasteiger partial charge in [0.1, 0.15) is 0 Å². The van der Waals surface area contributed by atoms with Crippen LogP contribution in [0, 0.1) is 0 Å². The highest BCUT2D eigenvalue weighted by Crippen LogP contribution is 2.32. The lowest BCUT2D eigenvalue weighted by molar-refractivity contribution is -0.0687. The Morgan fingerprint density at radius 1 is 1.12 bits per heavy atom. The van der Waals surface area contributed by atoms with Crippen molar-refractivity contribution in [3.63, 3.8) is 0 Å². The summed E-state index contributed by atoms with van der Waals surface area (Å²) in [5, 5.41) is 0. The van der Waals surface area contributed by atoms with Crippen molar-refractivity contribution in [2.75, 3.05) is 18.1 Å². The van der Waals surface area contributed by atoms with Gasteiger partial charge in [0, 0.05) is 11.5 Å². The summed E-state index contributed by atoms with van der Waals surface area (Å²) >= 11 is 2.49. The van der Waals surface area contributed by atoms with Crippen LogP contribution < -0.4 is 0 Å². The van der Waals surface area contributed by atoms with E-state index in [0.717, 1.165) is 17.5 Å². The van der Waals surface area contributed by atoms with Gasteiger partial charge in [-0.1, -0.05) is 48.3 Å². The predicted molar refractivity (Wildman–Crippen MR) is 81.0 cm³/mol. The van der Waals surface area contributed by atoms with E-state index < -0.39 is 0 Å². The molecule has 0 aromatic heterocycles. The van der Waals surface area contributed by atoms with Gasteiger partial charge in [-0.05, 0) is 33.1 Å². The first kappa shape index (κ1) is 15.7. The van der Waals surface area contributed by atoms with E-state index in [2.05, 4.69) is 36.4 Å². The summed E-state index contributed by atoms with van der Waals surface area (Å²) in [6.45, 7) is 5.07. The third-order valence-electron chi connectivity index (χ3n) is 3.92. The largest absolute Gasteiger partial charge is 0.379 e. The number of ether oxygens (including phenoxy) is 2. The second-order valence-corrected chi connectivity index (χ2v) is 6.56. The Morgan fingerprint density at radius 3 is 2.18 bits per heavy atom. The molecule has 0 heterocycles. The highest BCUT2D eigenvalue weighted by Gasteiger charge is 2.31. The Bertz CT molecular complexity index is 208. The van der Waals surface area contributed by atoms with Crippen molar-refractivity contribution >= 4 is 22.6 Å². The second kappa shape index (κ2) is 7.29. The van der Waals surface area contributed by atoms with E-state index in [1.807, 2.05) is 0 Å². The van der Waals surface area contributed by atoms with Crippen molar-refractivity contribution in [1.82, 2.24) is 0 Å². The molecule has 1 rings (SSSR count). The molecule has 2 nitrogen and oxygen atoms in total. The lowest BCUT2D eigenvalue weighted by Gasteiger charge is -2.33. The quantitative estimate of drug-likeness (QED) is 0.401. The predicted octanol–water partition coefficient (Wildman–Crippen LogP) is 4.35. The highest BCUT2D eigenvalue weighted by molar-refractivity contribution is 14.1. The van der Waals surface area contributed by atoms with Crippen LogP contribution >= 0.6 is 22.6 Å². The molecule has 17 heavy (non-hydrogen) atoms. The van der Waals surface area contributed by atoms with Gasteiger partial charge < -0.3 is 9.47 Å². The van der Waals surface area contributed by atoms with Gasteiger partial charge in [-0.3, -0.25) is 0 Å². The van der Waals surface area contributed by atoms with Gasteiger partial charge >= 0.3 is 0 Å². The summed E-state index contributed by atoms with van der Waals surface area (Å²) in [5.74, 6) is 0. The fourth-order valence-electron chi connectivity index (χ4n) is 2.30. The average Bonchev–Trinajstić information content (AvgIpc) is 2.55. The molecular weight excluding hydrogens is 327 g/mol. The van der Waals surface area contributed by atoms with E-state index in [1.54, 1.807) is 7.11 Å².